The van der Waals surface area contributed by atoms with Gasteiger partial charge in [-0.25, -0.2) is 4.98 Å². The fourth-order valence-corrected chi connectivity index (χ4v) is 2.99. The molecule has 1 aromatic heterocycles. The average Bonchev–Trinajstić information content (AvgIpc) is 2.92. The molecule has 0 aliphatic heterocycles. The molecule has 0 amide bonds. The molecule has 2 N–H and O–H groups in total. The van der Waals surface area contributed by atoms with E-state index in [4.69, 9.17) is 0 Å². The van der Waals surface area contributed by atoms with E-state index in [2.05, 4.69) is 31.2 Å². The second-order valence-corrected chi connectivity index (χ2v) is 6.69. The Morgan fingerprint density at radius 2 is 2.00 bits per heavy atom. The third-order valence-corrected chi connectivity index (χ3v) is 4.23. The highest BCUT2D eigenvalue weighted by Crippen LogP contribution is 2.16. The predicted molar refractivity (Wildman–Crippen MR) is 107 cm³/mol. The average molecular weight is 398 g/mol. The number of imidazole rings is 1. The van der Waals surface area contributed by atoms with Gasteiger partial charge in [0.2, 0.25) is 0 Å². The molecule has 0 aliphatic rings. The standard InChI is InChI=1S/C19H29F3N6/c1-4-23-18(25-11-13-27(3)14-19(20,21)22)24-10-7-12-28-15(2)26-16-8-5-6-9-17(16)28/h5-6,8-9H,4,7,10-14H2,1-3H3,(H2,23,24,25). The molecule has 0 atom stereocenters. The van der Waals surface area contributed by atoms with Crippen LogP contribution >= 0.6 is 0 Å². The summed E-state index contributed by atoms with van der Waals surface area (Å²) in [5.74, 6) is 1.60. The van der Waals surface area contributed by atoms with Crippen molar-refractivity contribution in [2.24, 2.45) is 4.99 Å². The zero-order valence-corrected chi connectivity index (χ0v) is 16.7. The first kappa shape index (κ1) is 22.0. The molecule has 0 unspecified atom stereocenters. The van der Waals surface area contributed by atoms with Gasteiger partial charge in [0.25, 0.3) is 0 Å². The first-order valence-corrected chi connectivity index (χ1v) is 9.49. The lowest BCUT2D eigenvalue weighted by atomic mass is 10.3. The smallest absolute Gasteiger partial charge is 0.357 e. The van der Waals surface area contributed by atoms with Crippen molar-refractivity contribution in [3.63, 3.8) is 0 Å². The minimum atomic E-state index is -4.18. The summed E-state index contributed by atoms with van der Waals surface area (Å²) in [4.78, 5) is 10.3. The number of halogens is 3. The van der Waals surface area contributed by atoms with E-state index in [0.717, 1.165) is 29.8 Å². The molecule has 1 aromatic carbocycles. The summed E-state index contributed by atoms with van der Waals surface area (Å²) in [5.41, 5.74) is 2.10. The molecular weight excluding hydrogens is 369 g/mol. The van der Waals surface area contributed by atoms with E-state index < -0.39 is 12.7 Å². The Kier molecular flexibility index (Phi) is 8.10. The van der Waals surface area contributed by atoms with Gasteiger partial charge >= 0.3 is 6.18 Å². The summed E-state index contributed by atoms with van der Waals surface area (Å²) in [7, 11) is 1.46. The molecule has 0 spiro atoms. The van der Waals surface area contributed by atoms with Crippen LogP contribution in [0, 0.1) is 6.92 Å². The van der Waals surface area contributed by atoms with Crippen molar-refractivity contribution in [2.75, 3.05) is 39.8 Å². The highest BCUT2D eigenvalue weighted by molar-refractivity contribution is 5.79. The third kappa shape index (κ3) is 7.03. The summed E-state index contributed by atoms with van der Waals surface area (Å²) in [6.45, 7) is 5.81. The quantitative estimate of drug-likeness (QED) is 0.387. The van der Waals surface area contributed by atoms with Crippen LogP contribution in [-0.4, -0.2) is 66.4 Å². The van der Waals surface area contributed by atoms with Crippen molar-refractivity contribution in [2.45, 2.75) is 33.0 Å². The van der Waals surface area contributed by atoms with Gasteiger partial charge in [0.1, 0.15) is 5.82 Å². The number of aryl methyl sites for hydroxylation is 2. The van der Waals surface area contributed by atoms with E-state index in [-0.39, 0.29) is 6.54 Å². The summed E-state index contributed by atoms with van der Waals surface area (Å²) in [5, 5.41) is 6.20. The number of hydrogen-bond acceptors (Lipinski definition) is 3. The van der Waals surface area contributed by atoms with E-state index in [1.54, 1.807) is 0 Å². The molecule has 0 fully saturated rings. The number of nitrogens with zero attached hydrogens (tertiary/aromatic N) is 4. The van der Waals surface area contributed by atoms with Crippen LogP contribution in [-0.2, 0) is 6.54 Å². The van der Waals surface area contributed by atoms with Gasteiger partial charge in [-0.2, -0.15) is 13.2 Å². The van der Waals surface area contributed by atoms with Crippen LogP contribution in [0.2, 0.25) is 0 Å². The lowest BCUT2D eigenvalue weighted by Gasteiger charge is -2.19. The number of aliphatic imine (C=N–C) groups is 1. The Labute approximate surface area is 163 Å². The number of fused-ring (bicyclic) bond motifs is 1. The van der Waals surface area contributed by atoms with E-state index in [9.17, 15) is 13.2 Å². The van der Waals surface area contributed by atoms with Gasteiger partial charge in [-0.1, -0.05) is 12.1 Å². The topological polar surface area (TPSA) is 57.5 Å². The van der Waals surface area contributed by atoms with Gasteiger partial charge in [-0.15, -0.1) is 0 Å². The maximum absolute atomic E-state index is 12.4. The SMILES string of the molecule is CCNC(=NCCCn1c(C)nc2ccccc21)NCCN(C)CC(F)(F)F. The summed E-state index contributed by atoms with van der Waals surface area (Å²) < 4.78 is 39.2. The highest BCUT2D eigenvalue weighted by Gasteiger charge is 2.28. The van der Waals surface area contributed by atoms with Crippen molar-refractivity contribution in [3.8, 4) is 0 Å². The molecule has 2 aromatic rings. The van der Waals surface area contributed by atoms with Crippen molar-refractivity contribution in [3.05, 3.63) is 30.1 Å². The third-order valence-electron chi connectivity index (χ3n) is 4.23. The minimum Gasteiger partial charge on any atom is -0.357 e. The molecule has 28 heavy (non-hydrogen) atoms. The molecule has 1 heterocycles. The summed E-state index contributed by atoms with van der Waals surface area (Å²) in [6.07, 6.45) is -3.34. The van der Waals surface area contributed by atoms with E-state index in [1.807, 2.05) is 32.0 Å². The zero-order valence-electron chi connectivity index (χ0n) is 16.7. The Morgan fingerprint density at radius 3 is 2.71 bits per heavy atom. The molecule has 0 saturated heterocycles. The molecular formula is C19H29F3N6. The van der Waals surface area contributed by atoms with Crippen LogP contribution in [0.25, 0.3) is 11.0 Å². The van der Waals surface area contributed by atoms with Crippen LogP contribution in [0.3, 0.4) is 0 Å². The lowest BCUT2D eigenvalue weighted by Crippen LogP contribution is -2.42. The van der Waals surface area contributed by atoms with Crippen LogP contribution in [0.1, 0.15) is 19.2 Å². The second-order valence-electron chi connectivity index (χ2n) is 6.69. The number of benzene rings is 1. The predicted octanol–water partition coefficient (Wildman–Crippen LogP) is 2.78. The number of rotatable bonds is 9. The Balaban J connectivity index is 1.81. The molecule has 9 heteroatoms. The van der Waals surface area contributed by atoms with Crippen molar-refractivity contribution < 1.29 is 13.2 Å². The number of hydrogen-bond donors (Lipinski definition) is 2. The largest absolute Gasteiger partial charge is 0.401 e. The first-order chi connectivity index (χ1) is 13.3. The van der Waals surface area contributed by atoms with Crippen molar-refractivity contribution in [1.29, 1.82) is 0 Å². The number of guanidine groups is 1. The molecule has 0 aliphatic carbocycles. The zero-order chi connectivity index (χ0) is 20.6. The van der Waals surface area contributed by atoms with Gasteiger partial charge in [0.05, 0.1) is 17.6 Å². The van der Waals surface area contributed by atoms with Gasteiger partial charge < -0.3 is 15.2 Å². The Hall–Kier alpha value is -2.29. The van der Waals surface area contributed by atoms with Crippen LogP contribution in [0.4, 0.5) is 13.2 Å². The van der Waals surface area contributed by atoms with Crippen LogP contribution in [0.15, 0.2) is 29.3 Å². The van der Waals surface area contributed by atoms with E-state index >= 15 is 0 Å². The molecule has 6 nitrogen and oxygen atoms in total. The molecule has 0 bridgehead atoms. The number of likely N-dealkylation sites (N-methyl/N-ethyl adjacent to an activating group) is 1. The maximum Gasteiger partial charge on any atom is 0.401 e. The van der Waals surface area contributed by atoms with E-state index in [1.165, 1.54) is 11.9 Å². The molecule has 2 rings (SSSR count). The summed E-state index contributed by atoms with van der Waals surface area (Å²) >= 11 is 0. The lowest BCUT2D eigenvalue weighted by molar-refractivity contribution is -0.142. The maximum atomic E-state index is 12.4. The fraction of sp³-hybridized carbons (Fsp3) is 0.579. The number of alkyl halides is 3. The Bertz CT molecular complexity index is 769. The number of nitrogens with one attached hydrogen (secondary N) is 2. The molecule has 156 valence electrons. The fourth-order valence-electron chi connectivity index (χ4n) is 2.99. The van der Waals surface area contributed by atoms with E-state index in [0.29, 0.717) is 25.6 Å². The second kappa shape index (κ2) is 10.3. The first-order valence-electron chi connectivity index (χ1n) is 9.49. The summed E-state index contributed by atoms with van der Waals surface area (Å²) in [6, 6.07) is 8.03. The number of aromatic nitrogens is 2. The Morgan fingerprint density at radius 1 is 1.25 bits per heavy atom. The monoisotopic (exact) mass is 398 g/mol. The van der Waals surface area contributed by atoms with Crippen LogP contribution < -0.4 is 10.6 Å². The van der Waals surface area contributed by atoms with Crippen molar-refractivity contribution >= 4 is 17.0 Å². The molecule has 0 saturated carbocycles. The van der Waals surface area contributed by atoms with Crippen LogP contribution in [0.5, 0.6) is 0 Å². The van der Waals surface area contributed by atoms with Gasteiger partial charge in [-0.3, -0.25) is 9.89 Å². The van der Waals surface area contributed by atoms with Gasteiger partial charge in [-0.05, 0) is 39.4 Å². The number of para-hydroxylation sites is 2. The van der Waals surface area contributed by atoms with Gasteiger partial charge in [0, 0.05) is 32.7 Å². The normalized spacial score (nSPS) is 12.8. The highest BCUT2D eigenvalue weighted by atomic mass is 19.4. The minimum absolute atomic E-state index is 0.282. The molecule has 0 radical (unpaired) electrons. The van der Waals surface area contributed by atoms with Gasteiger partial charge in [0.15, 0.2) is 5.96 Å². The van der Waals surface area contributed by atoms with Crippen molar-refractivity contribution in [1.82, 2.24) is 25.1 Å².